The van der Waals surface area contributed by atoms with Crippen molar-refractivity contribution in [1.82, 2.24) is 19.9 Å². The first-order valence-corrected chi connectivity index (χ1v) is 13.3. The van der Waals surface area contributed by atoms with Crippen LogP contribution in [0.1, 0.15) is 46.2 Å². The summed E-state index contributed by atoms with van der Waals surface area (Å²) in [7, 11) is 0. The van der Waals surface area contributed by atoms with Crippen LogP contribution in [-0.2, 0) is 0 Å². The van der Waals surface area contributed by atoms with Crippen molar-refractivity contribution in [3.63, 3.8) is 0 Å². The Kier molecular flexibility index (Phi) is 7.56. The molecule has 0 spiro atoms. The predicted molar refractivity (Wildman–Crippen MR) is 143 cm³/mol. The Morgan fingerprint density at radius 1 is 0.657 bits per heavy atom. The molecule has 9 heteroatoms. The zero-order valence-electron chi connectivity index (χ0n) is 18.6. The molecular formula is C26H22Cl3N5S. The molecular weight excluding hydrogens is 521 g/mol. The quantitative estimate of drug-likeness (QED) is 0.159. The Morgan fingerprint density at radius 2 is 1.17 bits per heavy atom. The van der Waals surface area contributed by atoms with Gasteiger partial charge < -0.3 is 5.73 Å². The zero-order valence-corrected chi connectivity index (χ0v) is 21.6. The number of hydrogen-bond donors (Lipinski definition) is 1. The van der Waals surface area contributed by atoms with Gasteiger partial charge in [-0.25, -0.2) is 19.9 Å². The van der Waals surface area contributed by atoms with E-state index in [1.807, 2.05) is 24.3 Å². The van der Waals surface area contributed by atoms with Crippen LogP contribution in [0.4, 0.5) is 0 Å². The maximum absolute atomic E-state index is 6.41. The normalized spacial score (nSPS) is 21.5. The summed E-state index contributed by atoms with van der Waals surface area (Å²) in [6.45, 7) is 0.557. The highest BCUT2D eigenvalue weighted by Crippen LogP contribution is 2.66. The summed E-state index contributed by atoms with van der Waals surface area (Å²) >= 11 is 20.6. The van der Waals surface area contributed by atoms with E-state index in [1.54, 1.807) is 11.8 Å². The number of nitrogens with two attached hydrogens (primary N) is 1. The lowest BCUT2D eigenvalue weighted by molar-refractivity contribution is 0.219. The second-order valence-electron chi connectivity index (χ2n) is 8.35. The van der Waals surface area contributed by atoms with Crippen LogP contribution in [-0.4, -0.2) is 32.2 Å². The van der Waals surface area contributed by atoms with E-state index in [9.17, 15) is 0 Å². The number of aromatic nitrogens is 4. The number of nitrogens with zero attached hydrogens (tertiary/aromatic N) is 4. The number of hydrogen-bond acceptors (Lipinski definition) is 6. The molecule has 0 bridgehead atoms. The average Bonchev–Trinajstić information content (AvgIpc) is 2.83. The number of thioether (sulfide) groups is 1. The minimum atomic E-state index is 0.0108. The Labute approximate surface area is 223 Å². The molecule has 2 aromatic heterocycles. The van der Waals surface area contributed by atoms with E-state index in [4.69, 9.17) is 45.5 Å². The third-order valence-corrected chi connectivity index (χ3v) is 7.83. The summed E-state index contributed by atoms with van der Waals surface area (Å²) in [6, 6.07) is 24.7. The molecule has 2 heterocycles. The van der Waals surface area contributed by atoms with Gasteiger partial charge in [-0.3, -0.25) is 0 Å². The third-order valence-electron chi connectivity index (χ3n) is 6.35. The second-order valence-corrected chi connectivity index (χ2v) is 10.5. The largest absolute Gasteiger partial charge is 0.330 e. The molecule has 0 saturated heterocycles. The van der Waals surface area contributed by atoms with Crippen LogP contribution in [0.2, 0.25) is 15.7 Å². The SMILES string of the molecule is NCCSc1cc(C2[C@@H](c3ccccc3)C(c3cc(Cl)nc(Cl)n3)[C@@H]2c2ccccc2)nc(Cl)n1. The topological polar surface area (TPSA) is 77.6 Å². The molecule has 0 amide bonds. The highest BCUT2D eigenvalue weighted by molar-refractivity contribution is 7.99. The van der Waals surface area contributed by atoms with Crippen molar-refractivity contribution in [2.75, 3.05) is 12.3 Å². The fourth-order valence-corrected chi connectivity index (χ4v) is 6.41. The Bertz CT molecular complexity index is 1240. The molecule has 1 aliphatic carbocycles. The van der Waals surface area contributed by atoms with E-state index in [2.05, 4.69) is 63.5 Å². The van der Waals surface area contributed by atoms with E-state index in [-0.39, 0.29) is 34.2 Å². The molecule has 1 aliphatic rings. The lowest BCUT2D eigenvalue weighted by atomic mass is 9.50. The lowest BCUT2D eigenvalue weighted by Crippen LogP contribution is -2.41. The molecule has 1 fully saturated rings. The van der Waals surface area contributed by atoms with Crippen molar-refractivity contribution < 1.29 is 0 Å². The number of halogens is 3. The Morgan fingerprint density at radius 3 is 1.69 bits per heavy atom. The highest BCUT2D eigenvalue weighted by Gasteiger charge is 2.54. The molecule has 35 heavy (non-hydrogen) atoms. The maximum atomic E-state index is 6.41. The maximum Gasteiger partial charge on any atom is 0.224 e. The molecule has 2 N–H and O–H groups in total. The van der Waals surface area contributed by atoms with Crippen molar-refractivity contribution in [3.8, 4) is 0 Å². The van der Waals surface area contributed by atoms with E-state index >= 15 is 0 Å². The van der Waals surface area contributed by atoms with Crippen molar-refractivity contribution in [3.05, 3.63) is 111 Å². The standard InChI is InChI=1S/C26H22Cl3N5S/c27-19-13-17(31-25(28)33-19)23-21(15-7-3-1-4-8-15)24(22(23)16-9-5-2-6-10-16)18-14-20(35-12-11-30)34-26(29)32-18/h1-10,13-14,21-24H,11-12,30H2/t21-,22-,23?,24?/m0/s1. The van der Waals surface area contributed by atoms with E-state index in [0.29, 0.717) is 11.7 Å². The minimum absolute atomic E-state index is 0.0108. The molecule has 178 valence electrons. The van der Waals surface area contributed by atoms with Crippen molar-refractivity contribution in [1.29, 1.82) is 0 Å². The summed E-state index contributed by atoms with van der Waals surface area (Å²) in [4.78, 5) is 17.8. The van der Waals surface area contributed by atoms with Crippen LogP contribution in [0.25, 0.3) is 0 Å². The first-order valence-electron chi connectivity index (χ1n) is 11.2. The van der Waals surface area contributed by atoms with Crippen LogP contribution < -0.4 is 5.73 Å². The minimum Gasteiger partial charge on any atom is -0.330 e. The van der Waals surface area contributed by atoms with Gasteiger partial charge in [-0.05, 0) is 46.5 Å². The Hall–Kier alpha value is -2.22. The summed E-state index contributed by atoms with van der Waals surface area (Å²) in [5.41, 5.74) is 9.80. The zero-order chi connectivity index (χ0) is 24.4. The summed E-state index contributed by atoms with van der Waals surface area (Å²) in [5.74, 6) is 0.942. The fraction of sp³-hybridized carbons (Fsp3) is 0.231. The van der Waals surface area contributed by atoms with Gasteiger partial charge >= 0.3 is 0 Å². The molecule has 2 aromatic carbocycles. The van der Waals surface area contributed by atoms with Gasteiger partial charge in [0.2, 0.25) is 10.6 Å². The van der Waals surface area contributed by atoms with Gasteiger partial charge in [-0.1, -0.05) is 72.3 Å². The van der Waals surface area contributed by atoms with Crippen LogP contribution in [0, 0.1) is 0 Å². The molecule has 1 saturated carbocycles. The van der Waals surface area contributed by atoms with Crippen LogP contribution >= 0.6 is 46.6 Å². The third kappa shape index (κ3) is 5.18. The highest BCUT2D eigenvalue weighted by atomic mass is 35.5. The smallest absolute Gasteiger partial charge is 0.224 e. The lowest BCUT2D eigenvalue weighted by Gasteiger charge is -2.52. The molecule has 5 nitrogen and oxygen atoms in total. The predicted octanol–water partition coefficient (Wildman–Crippen LogP) is 6.73. The van der Waals surface area contributed by atoms with E-state index in [0.717, 1.165) is 22.2 Å². The van der Waals surface area contributed by atoms with Crippen LogP contribution in [0.15, 0.2) is 77.8 Å². The van der Waals surface area contributed by atoms with Gasteiger partial charge in [0.25, 0.3) is 0 Å². The van der Waals surface area contributed by atoms with Crippen LogP contribution in [0.3, 0.4) is 0 Å². The van der Waals surface area contributed by atoms with Crippen molar-refractivity contribution >= 4 is 46.6 Å². The molecule has 0 aliphatic heterocycles. The van der Waals surface area contributed by atoms with Gasteiger partial charge in [0, 0.05) is 36.0 Å². The van der Waals surface area contributed by atoms with E-state index < -0.39 is 0 Å². The van der Waals surface area contributed by atoms with Gasteiger partial charge in [-0.2, -0.15) is 0 Å². The fourth-order valence-electron chi connectivity index (χ4n) is 5.06. The summed E-state index contributed by atoms with van der Waals surface area (Å²) in [6.07, 6.45) is 0. The van der Waals surface area contributed by atoms with E-state index in [1.165, 1.54) is 11.1 Å². The first-order chi connectivity index (χ1) is 17.0. The van der Waals surface area contributed by atoms with Crippen molar-refractivity contribution in [2.45, 2.75) is 28.7 Å². The van der Waals surface area contributed by atoms with Gasteiger partial charge in [0.05, 0.1) is 11.4 Å². The summed E-state index contributed by atoms with van der Waals surface area (Å²) in [5, 5.41) is 1.52. The van der Waals surface area contributed by atoms with Crippen molar-refractivity contribution in [2.24, 2.45) is 5.73 Å². The molecule has 0 radical (unpaired) electrons. The number of rotatable bonds is 7. The van der Waals surface area contributed by atoms with Gasteiger partial charge in [-0.15, -0.1) is 11.8 Å². The van der Waals surface area contributed by atoms with Gasteiger partial charge in [0.15, 0.2) is 0 Å². The van der Waals surface area contributed by atoms with Gasteiger partial charge in [0.1, 0.15) is 10.2 Å². The molecule has 2 atom stereocenters. The Balaban J connectivity index is 1.68. The summed E-state index contributed by atoms with van der Waals surface area (Å²) < 4.78 is 0. The molecule has 5 rings (SSSR count). The monoisotopic (exact) mass is 541 g/mol. The number of benzene rings is 2. The van der Waals surface area contributed by atoms with Crippen LogP contribution in [0.5, 0.6) is 0 Å². The molecule has 0 unspecified atom stereocenters. The molecule has 4 aromatic rings. The first kappa shape index (κ1) is 24.5. The second kappa shape index (κ2) is 10.8. The average molecular weight is 543 g/mol.